The standard InChI is InChI=1S/C14H21NO3/c1-10(2)15-12(13(16)14(17)18-3)9-11-7-5-4-6-8-11/h4-8,10,12-13,15-16H,9H2,1-3H3/t12-,13+/m0/s1. The van der Waals surface area contributed by atoms with Gasteiger partial charge in [-0.25, -0.2) is 4.79 Å². The summed E-state index contributed by atoms with van der Waals surface area (Å²) < 4.78 is 4.58. The van der Waals surface area contributed by atoms with Crippen molar-refractivity contribution in [1.29, 1.82) is 0 Å². The molecule has 0 heterocycles. The van der Waals surface area contributed by atoms with Crippen LogP contribution in [0.1, 0.15) is 19.4 Å². The van der Waals surface area contributed by atoms with Gasteiger partial charge in [-0.2, -0.15) is 0 Å². The zero-order chi connectivity index (χ0) is 13.5. The molecule has 0 saturated heterocycles. The minimum absolute atomic E-state index is 0.179. The van der Waals surface area contributed by atoms with Crippen molar-refractivity contribution in [2.24, 2.45) is 0 Å². The lowest BCUT2D eigenvalue weighted by Gasteiger charge is -2.24. The van der Waals surface area contributed by atoms with Gasteiger partial charge in [0.2, 0.25) is 0 Å². The molecule has 1 aromatic rings. The topological polar surface area (TPSA) is 58.6 Å². The van der Waals surface area contributed by atoms with Crippen LogP contribution < -0.4 is 5.32 Å². The highest BCUT2D eigenvalue weighted by Crippen LogP contribution is 2.08. The van der Waals surface area contributed by atoms with Crippen molar-refractivity contribution in [2.45, 2.75) is 38.5 Å². The summed E-state index contributed by atoms with van der Waals surface area (Å²) in [6, 6.07) is 9.58. The van der Waals surface area contributed by atoms with E-state index in [1.54, 1.807) is 0 Å². The number of benzene rings is 1. The molecule has 1 rings (SSSR count). The zero-order valence-electron chi connectivity index (χ0n) is 11.1. The van der Waals surface area contributed by atoms with Gasteiger partial charge in [-0.05, 0) is 12.0 Å². The van der Waals surface area contributed by atoms with E-state index in [9.17, 15) is 9.90 Å². The first-order valence-corrected chi connectivity index (χ1v) is 6.10. The van der Waals surface area contributed by atoms with Gasteiger partial charge in [0.05, 0.1) is 7.11 Å². The Bertz CT molecular complexity index is 365. The number of ether oxygens (including phenoxy) is 1. The highest BCUT2D eigenvalue weighted by atomic mass is 16.5. The van der Waals surface area contributed by atoms with Crippen LogP contribution >= 0.6 is 0 Å². The van der Waals surface area contributed by atoms with E-state index < -0.39 is 12.1 Å². The Hall–Kier alpha value is -1.39. The van der Waals surface area contributed by atoms with Crippen LogP contribution in [0.5, 0.6) is 0 Å². The van der Waals surface area contributed by atoms with Crippen molar-refractivity contribution in [1.82, 2.24) is 5.32 Å². The largest absolute Gasteiger partial charge is 0.467 e. The fourth-order valence-electron chi connectivity index (χ4n) is 1.84. The monoisotopic (exact) mass is 251 g/mol. The maximum absolute atomic E-state index is 11.4. The van der Waals surface area contributed by atoms with Crippen LogP contribution in [0.25, 0.3) is 0 Å². The third kappa shape index (κ3) is 4.47. The SMILES string of the molecule is COC(=O)[C@H](O)[C@H](Cc1ccccc1)NC(C)C. The number of carbonyl (C=O) groups is 1. The van der Waals surface area contributed by atoms with Crippen molar-refractivity contribution in [3.8, 4) is 0 Å². The Morgan fingerprint density at radius 3 is 2.44 bits per heavy atom. The average molecular weight is 251 g/mol. The Balaban J connectivity index is 2.75. The molecule has 0 aliphatic rings. The molecule has 4 nitrogen and oxygen atoms in total. The Kier molecular flexibility index (Phi) is 5.82. The molecule has 0 bridgehead atoms. The van der Waals surface area contributed by atoms with E-state index in [1.165, 1.54) is 7.11 Å². The second-order valence-corrected chi connectivity index (χ2v) is 4.59. The maximum atomic E-state index is 11.4. The number of carbonyl (C=O) groups excluding carboxylic acids is 1. The summed E-state index contributed by atoms with van der Waals surface area (Å²) in [7, 11) is 1.28. The van der Waals surface area contributed by atoms with Crippen LogP contribution in [0.4, 0.5) is 0 Å². The van der Waals surface area contributed by atoms with Crippen molar-refractivity contribution in [3.63, 3.8) is 0 Å². The summed E-state index contributed by atoms with van der Waals surface area (Å²) in [5.41, 5.74) is 1.07. The van der Waals surface area contributed by atoms with Crippen LogP contribution in [0.15, 0.2) is 30.3 Å². The van der Waals surface area contributed by atoms with E-state index >= 15 is 0 Å². The second-order valence-electron chi connectivity index (χ2n) is 4.59. The van der Waals surface area contributed by atoms with Crippen LogP contribution in [-0.4, -0.2) is 36.4 Å². The average Bonchev–Trinajstić information content (AvgIpc) is 2.37. The number of nitrogens with one attached hydrogen (secondary N) is 1. The van der Waals surface area contributed by atoms with Crippen molar-refractivity contribution in [3.05, 3.63) is 35.9 Å². The molecule has 0 aromatic heterocycles. The first-order valence-electron chi connectivity index (χ1n) is 6.10. The number of methoxy groups -OCH3 is 1. The third-order valence-electron chi connectivity index (χ3n) is 2.67. The van der Waals surface area contributed by atoms with E-state index in [2.05, 4.69) is 10.1 Å². The molecule has 0 radical (unpaired) electrons. The number of aliphatic hydroxyl groups excluding tert-OH is 1. The molecular formula is C14H21NO3. The number of aliphatic hydroxyl groups is 1. The van der Waals surface area contributed by atoms with E-state index in [0.29, 0.717) is 6.42 Å². The number of esters is 1. The molecule has 0 amide bonds. The van der Waals surface area contributed by atoms with Gasteiger partial charge in [0.1, 0.15) is 0 Å². The predicted molar refractivity (Wildman–Crippen MR) is 70.2 cm³/mol. The van der Waals surface area contributed by atoms with Gasteiger partial charge in [0.15, 0.2) is 6.10 Å². The third-order valence-corrected chi connectivity index (χ3v) is 2.67. The van der Waals surface area contributed by atoms with E-state index in [1.807, 2.05) is 44.2 Å². The molecule has 0 aliphatic heterocycles. The van der Waals surface area contributed by atoms with E-state index in [0.717, 1.165) is 5.56 Å². The molecule has 0 spiro atoms. The maximum Gasteiger partial charge on any atom is 0.336 e. The normalized spacial score (nSPS) is 14.3. The fraction of sp³-hybridized carbons (Fsp3) is 0.500. The summed E-state index contributed by atoms with van der Waals surface area (Å²) in [5, 5.41) is 13.1. The summed E-state index contributed by atoms with van der Waals surface area (Å²) in [5.74, 6) is -0.607. The van der Waals surface area contributed by atoms with Crippen molar-refractivity contribution in [2.75, 3.05) is 7.11 Å². The van der Waals surface area contributed by atoms with Gasteiger partial charge in [-0.15, -0.1) is 0 Å². The summed E-state index contributed by atoms with van der Waals surface area (Å²) in [6.45, 7) is 3.95. The summed E-state index contributed by atoms with van der Waals surface area (Å²) >= 11 is 0. The molecule has 0 saturated carbocycles. The highest BCUT2D eigenvalue weighted by Gasteiger charge is 2.27. The lowest BCUT2D eigenvalue weighted by molar-refractivity contribution is -0.152. The second kappa shape index (κ2) is 7.13. The van der Waals surface area contributed by atoms with Crippen molar-refractivity contribution >= 4 is 5.97 Å². The van der Waals surface area contributed by atoms with Gasteiger partial charge in [0.25, 0.3) is 0 Å². The lowest BCUT2D eigenvalue weighted by Crippen LogP contribution is -2.48. The fourth-order valence-corrected chi connectivity index (χ4v) is 1.84. The lowest BCUT2D eigenvalue weighted by atomic mass is 10.0. The summed E-state index contributed by atoms with van der Waals surface area (Å²) in [4.78, 5) is 11.4. The molecule has 0 aliphatic carbocycles. The van der Waals surface area contributed by atoms with E-state index in [4.69, 9.17) is 0 Å². The molecule has 2 atom stereocenters. The van der Waals surface area contributed by atoms with Crippen LogP contribution in [0, 0.1) is 0 Å². The quantitative estimate of drug-likeness (QED) is 0.744. The predicted octanol–water partition coefficient (Wildman–Crippen LogP) is 1.13. The van der Waals surface area contributed by atoms with Crippen LogP contribution in [0.3, 0.4) is 0 Å². The molecule has 4 heteroatoms. The first-order chi connectivity index (χ1) is 8.54. The van der Waals surface area contributed by atoms with Gasteiger partial charge in [-0.3, -0.25) is 0 Å². The summed E-state index contributed by atoms with van der Waals surface area (Å²) in [6.07, 6.45) is -0.576. The smallest absolute Gasteiger partial charge is 0.336 e. The first kappa shape index (κ1) is 14.7. The Morgan fingerprint density at radius 2 is 1.94 bits per heavy atom. The molecule has 100 valence electrons. The molecule has 0 unspecified atom stereocenters. The number of hydrogen-bond donors (Lipinski definition) is 2. The molecular weight excluding hydrogens is 230 g/mol. The Morgan fingerprint density at radius 1 is 1.33 bits per heavy atom. The number of rotatable bonds is 6. The molecule has 1 aromatic carbocycles. The minimum atomic E-state index is -1.15. The zero-order valence-corrected chi connectivity index (χ0v) is 11.1. The van der Waals surface area contributed by atoms with Gasteiger partial charge in [0, 0.05) is 12.1 Å². The van der Waals surface area contributed by atoms with Crippen LogP contribution in [0.2, 0.25) is 0 Å². The number of hydrogen-bond acceptors (Lipinski definition) is 4. The van der Waals surface area contributed by atoms with Crippen molar-refractivity contribution < 1.29 is 14.6 Å². The van der Waals surface area contributed by atoms with E-state index in [-0.39, 0.29) is 12.1 Å². The van der Waals surface area contributed by atoms with Crippen LogP contribution in [-0.2, 0) is 16.0 Å². The van der Waals surface area contributed by atoms with Gasteiger partial charge in [-0.1, -0.05) is 44.2 Å². The molecule has 18 heavy (non-hydrogen) atoms. The van der Waals surface area contributed by atoms with Gasteiger partial charge < -0.3 is 15.2 Å². The molecule has 0 fully saturated rings. The highest BCUT2D eigenvalue weighted by molar-refractivity contribution is 5.75. The minimum Gasteiger partial charge on any atom is -0.467 e. The Labute approximate surface area is 108 Å². The molecule has 2 N–H and O–H groups in total. The van der Waals surface area contributed by atoms with Gasteiger partial charge >= 0.3 is 5.97 Å².